The molecule has 0 heterocycles. The summed E-state index contributed by atoms with van der Waals surface area (Å²) in [6.45, 7) is 9.00. The van der Waals surface area contributed by atoms with Crippen molar-refractivity contribution in [3.8, 4) is 0 Å². The molecule has 0 atom stereocenters. The molecule has 0 spiro atoms. The third-order valence-electron chi connectivity index (χ3n) is 0.500. The van der Waals surface area contributed by atoms with Crippen molar-refractivity contribution in [1.82, 2.24) is 0 Å². The van der Waals surface area contributed by atoms with E-state index in [-0.39, 0.29) is 18.9 Å². The van der Waals surface area contributed by atoms with Crippen LogP contribution in [-0.2, 0) is 0 Å². The first-order valence-electron chi connectivity index (χ1n) is 2.32. The second kappa shape index (κ2) is 6.90. The van der Waals surface area contributed by atoms with Crippen LogP contribution in [0.15, 0.2) is 17.5 Å². The van der Waals surface area contributed by atoms with E-state index in [0.29, 0.717) is 5.92 Å². The molecule has 0 aliphatic rings. The van der Waals surface area contributed by atoms with E-state index in [4.69, 9.17) is 6.58 Å². The zero-order chi connectivity index (χ0) is 5.70. The van der Waals surface area contributed by atoms with Crippen molar-refractivity contribution in [2.75, 3.05) is 0 Å². The average Bonchev–Trinajstić information content (AvgIpc) is 1.61. The zero-order valence-electron chi connectivity index (χ0n) is 5.73. The minimum atomic E-state index is 0. The molecule has 0 saturated heterocycles. The Labute approximate surface area is 63.2 Å². The van der Waals surface area contributed by atoms with Gasteiger partial charge >= 0.3 is 18.9 Å². The molecule has 0 bridgehead atoms. The predicted molar refractivity (Wildman–Crippen MR) is 30.7 cm³/mol. The topological polar surface area (TPSA) is 0 Å². The molecule has 8 heavy (non-hydrogen) atoms. The van der Waals surface area contributed by atoms with E-state index < -0.39 is 0 Å². The third kappa shape index (κ3) is 9.31. The maximum atomic E-state index is 4.88. The third-order valence-corrected chi connectivity index (χ3v) is 0.500. The van der Waals surface area contributed by atoms with Gasteiger partial charge in [0.15, 0.2) is 0 Å². The summed E-state index contributed by atoms with van der Waals surface area (Å²) in [5.41, 5.74) is 4.94. The van der Waals surface area contributed by atoms with Crippen molar-refractivity contribution in [3.63, 3.8) is 0 Å². The van der Waals surface area contributed by atoms with Crippen LogP contribution in [0, 0.1) is 12.5 Å². The van der Waals surface area contributed by atoms with Gasteiger partial charge in [-0.1, -0.05) is 13.8 Å². The van der Waals surface area contributed by atoms with Crippen LogP contribution < -0.4 is 18.9 Å². The van der Waals surface area contributed by atoms with E-state index in [1.54, 1.807) is 0 Å². The number of hydrogen-bond donors (Lipinski definition) is 0. The summed E-state index contributed by atoms with van der Waals surface area (Å²) >= 11 is 0. The first-order chi connectivity index (χ1) is 3.27. The van der Waals surface area contributed by atoms with Gasteiger partial charge in [-0.15, -0.1) is 6.08 Å². The van der Waals surface area contributed by atoms with Crippen LogP contribution in [0.3, 0.4) is 0 Å². The van der Waals surface area contributed by atoms with E-state index in [1.807, 2.05) is 6.08 Å². The van der Waals surface area contributed by atoms with Gasteiger partial charge in [0.25, 0.3) is 0 Å². The van der Waals surface area contributed by atoms with Crippen molar-refractivity contribution in [2.45, 2.75) is 13.8 Å². The largest absolute Gasteiger partial charge is 1.00 e. The summed E-state index contributed by atoms with van der Waals surface area (Å²) in [7, 11) is 0. The Bertz CT molecular complexity index is 112. The van der Waals surface area contributed by atoms with E-state index in [0.717, 1.165) is 0 Å². The number of rotatable bonds is 1. The van der Waals surface area contributed by atoms with Crippen LogP contribution >= 0.6 is 0 Å². The molecule has 0 rings (SSSR count). The van der Waals surface area contributed by atoms with E-state index in [9.17, 15) is 0 Å². The molecule has 0 amide bonds. The molecule has 0 aromatic carbocycles. The van der Waals surface area contributed by atoms with Crippen LogP contribution in [-0.4, -0.2) is 0 Å². The SMILES string of the molecule is [CH-]=C=C=CC(C)C.[Li+]. The van der Waals surface area contributed by atoms with Crippen LogP contribution in [0.25, 0.3) is 0 Å². The second-order valence-corrected chi connectivity index (χ2v) is 1.70. The van der Waals surface area contributed by atoms with Gasteiger partial charge in [-0.05, 0) is 5.92 Å². The van der Waals surface area contributed by atoms with Crippen molar-refractivity contribution in [1.29, 1.82) is 0 Å². The smallest absolute Gasteiger partial charge is 0.308 e. The van der Waals surface area contributed by atoms with Gasteiger partial charge in [-0.2, -0.15) is 0 Å². The van der Waals surface area contributed by atoms with Gasteiger partial charge in [-0.25, -0.2) is 6.58 Å². The van der Waals surface area contributed by atoms with Gasteiger partial charge in [-0.3, -0.25) is 0 Å². The molecule has 0 aromatic heterocycles. The molecule has 0 aliphatic heterocycles. The van der Waals surface area contributed by atoms with Gasteiger partial charge in [0, 0.05) is 0 Å². The van der Waals surface area contributed by atoms with Crippen LogP contribution in [0.1, 0.15) is 13.8 Å². The summed E-state index contributed by atoms with van der Waals surface area (Å²) < 4.78 is 0. The fourth-order valence-electron chi connectivity index (χ4n) is 0.215. The maximum absolute atomic E-state index is 4.88. The first-order valence-corrected chi connectivity index (χ1v) is 2.32. The normalized spacial score (nSPS) is 6.38. The summed E-state index contributed by atoms with van der Waals surface area (Å²) in [5, 5.41) is 0. The van der Waals surface area contributed by atoms with E-state index >= 15 is 0 Å². The molecule has 0 aliphatic carbocycles. The first kappa shape index (κ1) is 10.8. The molecule has 1 heteroatoms. The van der Waals surface area contributed by atoms with Crippen molar-refractivity contribution >= 4 is 0 Å². The number of allylic oxidation sites excluding steroid dienone is 1. The van der Waals surface area contributed by atoms with Crippen LogP contribution in [0.2, 0.25) is 0 Å². The van der Waals surface area contributed by atoms with Crippen LogP contribution in [0.4, 0.5) is 0 Å². The molecule has 38 valence electrons. The van der Waals surface area contributed by atoms with Crippen molar-refractivity contribution in [3.05, 3.63) is 24.1 Å². The average molecular weight is 100 g/mol. The molecule has 0 unspecified atom stereocenters. The summed E-state index contributed by atoms with van der Waals surface area (Å²) in [6, 6.07) is 0. The Morgan fingerprint density at radius 1 is 1.50 bits per heavy atom. The summed E-state index contributed by atoms with van der Waals surface area (Å²) in [5.74, 6) is 0.524. The Hall–Kier alpha value is -0.103. The fraction of sp³-hybridized carbons (Fsp3) is 0.429. The van der Waals surface area contributed by atoms with E-state index in [2.05, 4.69) is 25.3 Å². The molecular formula is C7H9Li. The van der Waals surface area contributed by atoms with Gasteiger partial charge in [0.2, 0.25) is 0 Å². The predicted octanol–water partition coefficient (Wildman–Crippen LogP) is -1.05. The molecule has 0 aromatic rings. The Balaban J connectivity index is 0. The second-order valence-electron chi connectivity index (χ2n) is 1.70. The Morgan fingerprint density at radius 3 is 2.12 bits per heavy atom. The van der Waals surface area contributed by atoms with Crippen LogP contribution in [0.5, 0.6) is 0 Å². The Morgan fingerprint density at radius 2 is 2.00 bits per heavy atom. The summed E-state index contributed by atoms with van der Waals surface area (Å²) in [6.07, 6.45) is 1.86. The molecular weight excluding hydrogens is 91.0 g/mol. The number of hydrogen-bond acceptors (Lipinski definition) is 0. The Kier molecular flexibility index (Phi) is 9.31. The van der Waals surface area contributed by atoms with Crippen molar-refractivity contribution in [2.24, 2.45) is 5.92 Å². The minimum absolute atomic E-state index is 0. The minimum Gasteiger partial charge on any atom is -0.308 e. The molecule has 0 saturated carbocycles. The van der Waals surface area contributed by atoms with Gasteiger partial charge in [0.1, 0.15) is 0 Å². The molecule has 0 N–H and O–H groups in total. The van der Waals surface area contributed by atoms with Crippen molar-refractivity contribution < 1.29 is 18.9 Å². The van der Waals surface area contributed by atoms with Gasteiger partial charge < -0.3 is 11.5 Å². The van der Waals surface area contributed by atoms with E-state index in [1.165, 1.54) is 0 Å². The fourth-order valence-corrected chi connectivity index (χ4v) is 0.215. The monoisotopic (exact) mass is 100 g/mol. The quantitative estimate of drug-likeness (QED) is 0.224. The molecule has 0 nitrogen and oxygen atoms in total. The molecule has 0 radical (unpaired) electrons. The molecule has 0 fully saturated rings. The zero-order valence-corrected chi connectivity index (χ0v) is 5.73. The standard InChI is InChI=1S/C7H9.Li/c1-4-5-6-7(2)3;/h1,6-7H,2-3H3;/q-1;+1. The van der Waals surface area contributed by atoms with Gasteiger partial charge in [0.05, 0.1) is 0 Å². The summed E-state index contributed by atoms with van der Waals surface area (Å²) in [4.78, 5) is 0. The maximum Gasteiger partial charge on any atom is 1.00 e.